The van der Waals surface area contributed by atoms with E-state index in [2.05, 4.69) is 30.3 Å². The van der Waals surface area contributed by atoms with Crippen LogP contribution < -0.4 is 24.7 Å². The molecule has 2 saturated heterocycles. The Hall–Kier alpha value is -4.21. The minimum Gasteiger partial charge on any atom is -0.490 e. The summed E-state index contributed by atoms with van der Waals surface area (Å²) < 4.78 is 11.3. The largest absolute Gasteiger partial charge is 0.490 e. The van der Waals surface area contributed by atoms with E-state index in [0.29, 0.717) is 41.5 Å². The minimum atomic E-state index is -0.441. The molecule has 0 bridgehead atoms. The van der Waals surface area contributed by atoms with E-state index in [1.54, 1.807) is 42.6 Å². The Morgan fingerprint density at radius 3 is 2.13 bits per heavy atom. The highest BCUT2D eigenvalue weighted by atomic mass is 16.6. The minimum absolute atomic E-state index is 0.352. The van der Waals surface area contributed by atoms with Gasteiger partial charge in [0, 0.05) is 26.2 Å². The lowest BCUT2D eigenvalue weighted by Gasteiger charge is -2.30. The van der Waals surface area contributed by atoms with Gasteiger partial charge in [-0.05, 0) is 81.3 Å². The summed E-state index contributed by atoms with van der Waals surface area (Å²) in [5.41, 5.74) is 4.24. The maximum atomic E-state index is 12.5. The maximum Gasteiger partial charge on any atom is 0.343 e. The van der Waals surface area contributed by atoms with E-state index < -0.39 is 5.97 Å². The molecule has 39 heavy (non-hydrogen) atoms. The summed E-state index contributed by atoms with van der Waals surface area (Å²) in [6, 6.07) is 14.2. The third kappa shape index (κ3) is 7.01. The maximum absolute atomic E-state index is 12.5. The lowest BCUT2D eigenvalue weighted by Crippen LogP contribution is -2.34. The number of hydrogen-bond donors (Lipinski definition) is 1. The van der Waals surface area contributed by atoms with Gasteiger partial charge >= 0.3 is 5.97 Å². The SMILES string of the molecule is CCOc1cc(/C=N\Nc2nc(N3CCCCC3)nc(N3CCCCC3)n2)ccc1OC(=O)c1ccccc1. The summed E-state index contributed by atoms with van der Waals surface area (Å²) in [5, 5.41) is 4.40. The van der Waals surface area contributed by atoms with Gasteiger partial charge in [0.2, 0.25) is 17.8 Å². The third-order valence-corrected chi connectivity index (χ3v) is 6.75. The fraction of sp³-hybridized carbons (Fsp3) is 0.414. The van der Waals surface area contributed by atoms with E-state index in [9.17, 15) is 4.79 Å². The fourth-order valence-corrected chi connectivity index (χ4v) is 4.73. The standard InChI is InChI=1S/C29H35N7O3/c1-2-38-25-20-22(14-15-24(25)39-26(37)23-12-6-3-7-13-23)21-30-34-27-31-28(35-16-8-4-9-17-35)33-29(32-27)36-18-10-5-11-19-36/h3,6-7,12-15,20-21H,2,4-5,8-11,16-19H2,1H3,(H,31,32,33,34)/b30-21-. The van der Waals surface area contributed by atoms with Crippen molar-refractivity contribution in [1.29, 1.82) is 0 Å². The molecule has 0 spiro atoms. The first kappa shape index (κ1) is 26.4. The van der Waals surface area contributed by atoms with Crippen molar-refractivity contribution in [2.75, 3.05) is 48.0 Å². The van der Waals surface area contributed by atoms with E-state index >= 15 is 0 Å². The highest BCUT2D eigenvalue weighted by Crippen LogP contribution is 2.29. The van der Waals surface area contributed by atoms with Gasteiger partial charge in [0.05, 0.1) is 18.4 Å². The zero-order valence-electron chi connectivity index (χ0n) is 22.4. The first-order chi connectivity index (χ1) is 19.2. The molecule has 1 N–H and O–H groups in total. The van der Waals surface area contributed by atoms with Gasteiger partial charge in [-0.15, -0.1) is 0 Å². The summed E-state index contributed by atoms with van der Waals surface area (Å²) in [6.07, 6.45) is 8.72. The molecule has 10 nitrogen and oxygen atoms in total. The van der Waals surface area contributed by atoms with Crippen molar-refractivity contribution in [1.82, 2.24) is 15.0 Å². The van der Waals surface area contributed by atoms with Gasteiger partial charge in [0.25, 0.3) is 0 Å². The number of esters is 1. The lowest BCUT2D eigenvalue weighted by atomic mass is 10.1. The zero-order valence-corrected chi connectivity index (χ0v) is 22.4. The van der Waals surface area contributed by atoms with E-state index in [1.165, 1.54) is 12.8 Å². The van der Waals surface area contributed by atoms with E-state index in [1.807, 2.05) is 19.1 Å². The van der Waals surface area contributed by atoms with Crippen LogP contribution in [0.15, 0.2) is 53.6 Å². The van der Waals surface area contributed by atoms with Crippen molar-refractivity contribution in [2.24, 2.45) is 5.10 Å². The second kappa shape index (κ2) is 13.0. The molecule has 2 aliphatic rings. The first-order valence-electron chi connectivity index (χ1n) is 13.8. The zero-order chi connectivity index (χ0) is 26.9. The van der Waals surface area contributed by atoms with Gasteiger partial charge in [0.1, 0.15) is 0 Å². The number of aromatic nitrogens is 3. The second-order valence-corrected chi connectivity index (χ2v) is 9.62. The van der Waals surface area contributed by atoms with Crippen LogP contribution in [0.2, 0.25) is 0 Å². The normalized spacial score (nSPS) is 15.8. The topological polar surface area (TPSA) is 105 Å². The number of piperidine rings is 2. The van der Waals surface area contributed by atoms with Gasteiger partial charge < -0.3 is 19.3 Å². The predicted octanol–water partition coefficient (Wildman–Crippen LogP) is 4.92. The summed E-state index contributed by atoms with van der Waals surface area (Å²) >= 11 is 0. The molecule has 0 aliphatic carbocycles. The van der Waals surface area contributed by atoms with Crippen LogP contribution in [0.5, 0.6) is 11.5 Å². The smallest absolute Gasteiger partial charge is 0.343 e. The first-order valence-corrected chi connectivity index (χ1v) is 13.8. The van der Waals surface area contributed by atoms with Crippen molar-refractivity contribution in [2.45, 2.75) is 45.4 Å². The Morgan fingerprint density at radius 2 is 1.51 bits per heavy atom. The fourth-order valence-electron chi connectivity index (χ4n) is 4.73. The molecule has 10 heteroatoms. The van der Waals surface area contributed by atoms with Crippen molar-refractivity contribution < 1.29 is 14.3 Å². The number of carbonyl (C=O) groups is 1. The molecule has 1 aromatic heterocycles. The van der Waals surface area contributed by atoms with Crippen LogP contribution in [0.3, 0.4) is 0 Å². The average molecular weight is 530 g/mol. The molecule has 0 unspecified atom stereocenters. The highest BCUT2D eigenvalue weighted by Gasteiger charge is 2.20. The molecule has 0 saturated carbocycles. The molecule has 2 aromatic carbocycles. The molecule has 5 rings (SSSR count). The number of hydrogen-bond acceptors (Lipinski definition) is 10. The average Bonchev–Trinajstić information content (AvgIpc) is 3.00. The Morgan fingerprint density at radius 1 is 0.872 bits per heavy atom. The van der Waals surface area contributed by atoms with Gasteiger partial charge in [-0.25, -0.2) is 10.2 Å². The Kier molecular flexibility index (Phi) is 8.82. The summed E-state index contributed by atoms with van der Waals surface area (Å²) in [4.78, 5) is 31.2. The van der Waals surface area contributed by atoms with Crippen LogP contribution >= 0.6 is 0 Å². The van der Waals surface area contributed by atoms with Gasteiger partial charge in [-0.2, -0.15) is 20.1 Å². The molecular formula is C29H35N7O3. The molecule has 0 atom stereocenters. The molecule has 3 heterocycles. The van der Waals surface area contributed by atoms with Crippen molar-refractivity contribution in [3.8, 4) is 11.5 Å². The van der Waals surface area contributed by atoms with Gasteiger partial charge in [0.15, 0.2) is 11.5 Å². The number of rotatable bonds is 9. The Labute approximate surface area is 229 Å². The van der Waals surface area contributed by atoms with E-state index in [4.69, 9.17) is 14.5 Å². The van der Waals surface area contributed by atoms with E-state index in [-0.39, 0.29) is 0 Å². The van der Waals surface area contributed by atoms with Gasteiger partial charge in [-0.1, -0.05) is 18.2 Å². The molecule has 0 amide bonds. The second-order valence-electron chi connectivity index (χ2n) is 9.62. The van der Waals surface area contributed by atoms with Crippen LogP contribution in [0.4, 0.5) is 17.8 Å². The number of nitrogens with one attached hydrogen (secondary N) is 1. The summed E-state index contributed by atoms with van der Waals surface area (Å²) in [7, 11) is 0. The molecule has 2 aliphatic heterocycles. The Bertz CT molecular complexity index is 1240. The predicted molar refractivity (Wildman–Crippen MR) is 152 cm³/mol. The number of anilines is 3. The van der Waals surface area contributed by atoms with Gasteiger partial charge in [-0.3, -0.25) is 0 Å². The third-order valence-electron chi connectivity index (χ3n) is 6.75. The van der Waals surface area contributed by atoms with Crippen LogP contribution in [0.1, 0.15) is 61.4 Å². The quantitative estimate of drug-likeness (QED) is 0.179. The number of ether oxygens (including phenoxy) is 2. The molecule has 204 valence electrons. The van der Waals surface area contributed by atoms with E-state index in [0.717, 1.165) is 57.4 Å². The number of nitrogens with zero attached hydrogens (tertiary/aromatic N) is 6. The van der Waals surface area contributed by atoms with Crippen LogP contribution in [0, 0.1) is 0 Å². The number of carbonyl (C=O) groups excluding carboxylic acids is 1. The number of benzene rings is 2. The molecule has 2 fully saturated rings. The Balaban J connectivity index is 1.32. The lowest BCUT2D eigenvalue weighted by molar-refractivity contribution is 0.0728. The van der Waals surface area contributed by atoms with Crippen molar-refractivity contribution >= 4 is 30.0 Å². The monoisotopic (exact) mass is 529 g/mol. The van der Waals surface area contributed by atoms with Crippen LogP contribution in [-0.2, 0) is 0 Å². The summed E-state index contributed by atoms with van der Waals surface area (Å²) in [5.74, 6) is 2.19. The molecule has 0 radical (unpaired) electrons. The van der Waals surface area contributed by atoms with Crippen molar-refractivity contribution in [3.05, 3.63) is 59.7 Å². The van der Waals surface area contributed by atoms with Crippen molar-refractivity contribution in [3.63, 3.8) is 0 Å². The molecule has 3 aromatic rings. The van der Waals surface area contributed by atoms with Crippen LogP contribution in [0.25, 0.3) is 0 Å². The molecular weight excluding hydrogens is 494 g/mol. The summed E-state index contributed by atoms with van der Waals surface area (Å²) in [6.45, 7) is 6.12. The highest BCUT2D eigenvalue weighted by molar-refractivity contribution is 5.91. The van der Waals surface area contributed by atoms with Crippen LogP contribution in [-0.4, -0.2) is 59.9 Å². The number of hydrazone groups is 1.